The average Bonchev–Trinajstić information content (AvgIpc) is 2.45. The summed E-state index contributed by atoms with van der Waals surface area (Å²) in [5, 5.41) is 0. The van der Waals surface area contributed by atoms with Gasteiger partial charge in [-0.15, -0.1) is 0 Å². The van der Waals surface area contributed by atoms with Gasteiger partial charge in [-0.1, -0.05) is 28.9 Å². The number of carbonyl (C=O) groups excluding carboxylic acids is 1. The summed E-state index contributed by atoms with van der Waals surface area (Å²) in [6.07, 6.45) is 0.969. The fourth-order valence-corrected chi connectivity index (χ4v) is 2.56. The van der Waals surface area contributed by atoms with Gasteiger partial charge in [-0.2, -0.15) is 0 Å². The molecule has 0 fully saturated rings. The Kier molecular flexibility index (Phi) is 4.96. The number of hydrogen-bond acceptors (Lipinski definition) is 2. The molecule has 2 nitrogen and oxygen atoms in total. The molecule has 0 amide bonds. The highest BCUT2D eigenvalue weighted by molar-refractivity contribution is 9.10. The number of ether oxygens (including phenoxy) is 1. The first-order valence-electron chi connectivity index (χ1n) is 6.65. The van der Waals surface area contributed by atoms with Gasteiger partial charge in [0.1, 0.15) is 5.75 Å². The number of halogens is 1. The molecule has 0 unspecified atom stereocenters. The van der Waals surface area contributed by atoms with E-state index in [-0.39, 0.29) is 5.78 Å². The third-order valence-corrected chi connectivity index (χ3v) is 3.61. The van der Waals surface area contributed by atoms with Gasteiger partial charge in [-0.05, 0) is 55.3 Å². The molecule has 2 aromatic carbocycles. The van der Waals surface area contributed by atoms with Crippen molar-refractivity contribution in [2.24, 2.45) is 0 Å². The summed E-state index contributed by atoms with van der Waals surface area (Å²) in [6, 6.07) is 13.0. The molecule has 0 aliphatic carbocycles. The fraction of sp³-hybridized carbons (Fsp3) is 0.235. The van der Waals surface area contributed by atoms with Crippen LogP contribution in [-0.2, 0) is 0 Å². The van der Waals surface area contributed by atoms with Crippen LogP contribution in [0, 0.1) is 6.92 Å². The molecular formula is C17H17BrO2. The van der Waals surface area contributed by atoms with Crippen molar-refractivity contribution >= 4 is 21.7 Å². The zero-order chi connectivity index (χ0) is 14.5. The van der Waals surface area contributed by atoms with Crippen LogP contribution in [0.2, 0.25) is 0 Å². The van der Waals surface area contributed by atoms with E-state index in [1.54, 1.807) is 12.1 Å². The number of benzene rings is 2. The standard InChI is InChI=1S/C17H17BrO2/c1-3-10-20-14-7-5-13(6-8-14)17(19)15-9-4-12(2)11-16(15)18/h4-9,11H,3,10H2,1-2H3. The Morgan fingerprint density at radius 1 is 1.15 bits per heavy atom. The molecule has 0 aromatic heterocycles. The Hall–Kier alpha value is -1.61. The van der Waals surface area contributed by atoms with Gasteiger partial charge >= 0.3 is 0 Å². The van der Waals surface area contributed by atoms with Crippen LogP contribution in [0.1, 0.15) is 34.8 Å². The second-order valence-electron chi connectivity index (χ2n) is 4.69. The van der Waals surface area contributed by atoms with E-state index in [1.165, 1.54) is 0 Å². The second-order valence-corrected chi connectivity index (χ2v) is 5.54. The highest BCUT2D eigenvalue weighted by atomic mass is 79.9. The zero-order valence-electron chi connectivity index (χ0n) is 11.7. The van der Waals surface area contributed by atoms with E-state index in [4.69, 9.17) is 4.74 Å². The Morgan fingerprint density at radius 2 is 1.85 bits per heavy atom. The number of hydrogen-bond donors (Lipinski definition) is 0. The van der Waals surface area contributed by atoms with Gasteiger partial charge in [0.15, 0.2) is 5.78 Å². The Labute approximate surface area is 127 Å². The summed E-state index contributed by atoms with van der Waals surface area (Å²) in [7, 11) is 0. The minimum absolute atomic E-state index is 0.0129. The average molecular weight is 333 g/mol. The summed E-state index contributed by atoms with van der Waals surface area (Å²) in [6.45, 7) is 4.75. The van der Waals surface area contributed by atoms with Gasteiger partial charge in [0.2, 0.25) is 0 Å². The maximum Gasteiger partial charge on any atom is 0.194 e. The SMILES string of the molecule is CCCOc1ccc(C(=O)c2ccc(C)cc2Br)cc1. The minimum atomic E-state index is 0.0129. The molecule has 0 aliphatic heterocycles. The molecule has 0 radical (unpaired) electrons. The third-order valence-electron chi connectivity index (χ3n) is 2.96. The van der Waals surface area contributed by atoms with E-state index >= 15 is 0 Å². The van der Waals surface area contributed by atoms with Crippen molar-refractivity contribution in [3.63, 3.8) is 0 Å². The topological polar surface area (TPSA) is 26.3 Å². The van der Waals surface area contributed by atoms with Crippen molar-refractivity contribution in [1.29, 1.82) is 0 Å². The smallest absolute Gasteiger partial charge is 0.194 e. The van der Waals surface area contributed by atoms with Crippen LogP contribution in [0.15, 0.2) is 46.9 Å². The molecule has 3 heteroatoms. The Bertz CT molecular complexity index is 603. The highest BCUT2D eigenvalue weighted by Gasteiger charge is 2.12. The summed E-state index contributed by atoms with van der Waals surface area (Å²) in [5.41, 5.74) is 2.47. The molecule has 0 atom stereocenters. The monoisotopic (exact) mass is 332 g/mol. The van der Waals surface area contributed by atoms with Crippen LogP contribution in [0.5, 0.6) is 5.75 Å². The van der Waals surface area contributed by atoms with E-state index in [9.17, 15) is 4.79 Å². The van der Waals surface area contributed by atoms with Gasteiger partial charge in [-0.25, -0.2) is 0 Å². The lowest BCUT2D eigenvalue weighted by molar-refractivity contribution is 0.103. The van der Waals surface area contributed by atoms with Gasteiger partial charge in [0, 0.05) is 15.6 Å². The molecule has 20 heavy (non-hydrogen) atoms. The molecule has 0 bridgehead atoms. The highest BCUT2D eigenvalue weighted by Crippen LogP contribution is 2.22. The predicted octanol–water partition coefficient (Wildman–Crippen LogP) is 4.78. The first kappa shape index (κ1) is 14.8. The molecule has 2 aromatic rings. The molecule has 104 valence electrons. The van der Waals surface area contributed by atoms with E-state index in [1.807, 2.05) is 37.3 Å². The van der Waals surface area contributed by atoms with Crippen molar-refractivity contribution in [3.05, 3.63) is 63.6 Å². The first-order chi connectivity index (χ1) is 9.61. The number of rotatable bonds is 5. The van der Waals surface area contributed by atoms with Crippen LogP contribution < -0.4 is 4.74 Å². The normalized spacial score (nSPS) is 10.3. The van der Waals surface area contributed by atoms with Crippen LogP contribution in [-0.4, -0.2) is 12.4 Å². The number of aryl methyl sites for hydroxylation is 1. The van der Waals surface area contributed by atoms with Crippen LogP contribution in [0.25, 0.3) is 0 Å². The maximum absolute atomic E-state index is 12.4. The minimum Gasteiger partial charge on any atom is -0.494 e. The lowest BCUT2D eigenvalue weighted by Crippen LogP contribution is -2.03. The lowest BCUT2D eigenvalue weighted by Gasteiger charge is -2.07. The zero-order valence-corrected chi connectivity index (χ0v) is 13.2. The van der Waals surface area contributed by atoms with Gasteiger partial charge in [0.05, 0.1) is 6.61 Å². The van der Waals surface area contributed by atoms with Crippen molar-refractivity contribution in [1.82, 2.24) is 0 Å². The van der Waals surface area contributed by atoms with E-state index in [0.29, 0.717) is 17.7 Å². The van der Waals surface area contributed by atoms with Crippen molar-refractivity contribution in [2.45, 2.75) is 20.3 Å². The predicted molar refractivity (Wildman–Crippen MR) is 84.5 cm³/mol. The summed E-state index contributed by atoms with van der Waals surface area (Å²) < 4.78 is 6.34. The van der Waals surface area contributed by atoms with E-state index in [0.717, 1.165) is 22.2 Å². The van der Waals surface area contributed by atoms with Crippen LogP contribution in [0.4, 0.5) is 0 Å². The quantitative estimate of drug-likeness (QED) is 0.736. The van der Waals surface area contributed by atoms with Gasteiger partial charge < -0.3 is 4.74 Å². The lowest BCUT2D eigenvalue weighted by atomic mass is 10.0. The molecular weight excluding hydrogens is 316 g/mol. The number of carbonyl (C=O) groups is 1. The molecule has 0 N–H and O–H groups in total. The largest absolute Gasteiger partial charge is 0.494 e. The summed E-state index contributed by atoms with van der Waals surface area (Å²) in [5.74, 6) is 0.810. The maximum atomic E-state index is 12.4. The van der Waals surface area contributed by atoms with E-state index in [2.05, 4.69) is 22.9 Å². The fourth-order valence-electron chi connectivity index (χ4n) is 1.88. The van der Waals surface area contributed by atoms with Crippen LogP contribution >= 0.6 is 15.9 Å². The van der Waals surface area contributed by atoms with Crippen molar-refractivity contribution < 1.29 is 9.53 Å². The van der Waals surface area contributed by atoms with Gasteiger partial charge in [-0.3, -0.25) is 4.79 Å². The molecule has 2 rings (SSSR count). The molecule has 0 spiro atoms. The Balaban J connectivity index is 2.20. The summed E-state index contributed by atoms with van der Waals surface area (Å²) >= 11 is 3.45. The first-order valence-corrected chi connectivity index (χ1v) is 7.45. The molecule has 0 saturated carbocycles. The molecule has 0 saturated heterocycles. The summed E-state index contributed by atoms with van der Waals surface area (Å²) in [4.78, 5) is 12.4. The van der Waals surface area contributed by atoms with Crippen LogP contribution in [0.3, 0.4) is 0 Å². The van der Waals surface area contributed by atoms with Crippen molar-refractivity contribution in [3.8, 4) is 5.75 Å². The molecule has 0 heterocycles. The van der Waals surface area contributed by atoms with Gasteiger partial charge in [0.25, 0.3) is 0 Å². The molecule has 0 aliphatic rings. The van der Waals surface area contributed by atoms with Crippen molar-refractivity contribution in [2.75, 3.05) is 6.61 Å². The Morgan fingerprint density at radius 3 is 2.45 bits per heavy atom. The van der Waals surface area contributed by atoms with E-state index < -0.39 is 0 Å². The second kappa shape index (κ2) is 6.71. The third kappa shape index (κ3) is 3.48. The number of ketones is 1.